The molecule has 0 saturated heterocycles. The summed E-state index contributed by atoms with van der Waals surface area (Å²) in [5.74, 6) is 2.98. The molecule has 0 aliphatic heterocycles. The minimum atomic E-state index is -3.29. The van der Waals surface area contributed by atoms with Crippen LogP contribution < -0.4 is 4.74 Å². The Kier molecular flexibility index (Phi) is 3.61. The van der Waals surface area contributed by atoms with Crippen molar-refractivity contribution < 1.29 is 13.2 Å². The zero-order valence-corrected chi connectivity index (χ0v) is 9.82. The number of methoxy groups -OCH3 is 1. The number of halogens is 1. The van der Waals surface area contributed by atoms with Crippen molar-refractivity contribution in [3.63, 3.8) is 0 Å². The van der Waals surface area contributed by atoms with E-state index in [-0.39, 0.29) is 0 Å². The Labute approximate surface area is 93.9 Å². The maximum Gasteiger partial charge on any atom is 0.214 e. The first-order valence-electron chi connectivity index (χ1n) is 3.99. The van der Waals surface area contributed by atoms with E-state index in [1.54, 1.807) is 18.2 Å². The van der Waals surface area contributed by atoms with Gasteiger partial charge in [0.2, 0.25) is 9.84 Å². The third-order valence-corrected chi connectivity index (χ3v) is 2.32. The van der Waals surface area contributed by atoms with Crippen LogP contribution in [0.4, 0.5) is 0 Å². The monoisotopic (exact) mass is 244 g/mol. The third-order valence-electron chi connectivity index (χ3n) is 1.53. The summed E-state index contributed by atoms with van der Waals surface area (Å²) in [6, 6.07) is 4.82. The fraction of sp³-hybridized carbons (Fsp3) is 0.200. The van der Waals surface area contributed by atoms with Gasteiger partial charge in [-0.05, 0) is 24.1 Å². The second kappa shape index (κ2) is 4.56. The molecule has 1 aromatic carbocycles. The summed E-state index contributed by atoms with van der Waals surface area (Å²) in [4.78, 5) is 0. The largest absolute Gasteiger partial charge is 0.495 e. The quantitative estimate of drug-likeness (QED) is 0.707. The van der Waals surface area contributed by atoms with Crippen molar-refractivity contribution in [3.05, 3.63) is 28.8 Å². The van der Waals surface area contributed by atoms with Crippen LogP contribution >= 0.6 is 11.6 Å². The predicted molar refractivity (Wildman–Crippen MR) is 59.7 cm³/mol. The first-order valence-corrected chi connectivity index (χ1v) is 6.25. The molecule has 0 unspecified atom stereocenters. The minimum Gasteiger partial charge on any atom is -0.495 e. The average Bonchev–Trinajstić information content (AvgIpc) is 2.15. The molecule has 0 N–H and O–H groups in total. The van der Waals surface area contributed by atoms with Crippen molar-refractivity contribution in [1.29, 1.82) is 0 Å². The molecule has 5 heteroatoms. The lowest BCUT2D eigenvalue weighted by Gasteiger charge is -2.01. The van der Waals surface area contributed by atoms with Gasteiger partial charge in [0.05, 0.1) is 18.4 Å². The summed E-state index contributed by atoms with van der Waals surface area (Å²) in [6.45, 7) is 0. The standard InChI is InChI=1S/C10H9ClO3S/c1-14-10-7-8(3-4-9(10)11)5-6-15(2,12)13/h3-4,7H,1-2H3. The normalized spacial score (nSPS) is 10.3. The minimum absolute atomic E-state index is 0.461. The Balaban J connectivity index is 3.12. The van der Waals surface area contributed by atoms with E-state index < -0.39 is 9.84 Å². The van der Waals surface area contributed by atoms with Gasteiger partial charge in [-0.15, -0.1) is 0 Å². The van der Waals surface area contributed by atoms with Gasteiger partial charge in [0.25, 0.3) is 0 Å². The van der Waals surface area contributed by atoms with Gasteiger partial charge in [-0.25, -0.2) is 8.42 Å². The van der Waals surface area contributed by atoms with E-state index in [2.05, 4.69) is 11.2 Å². The van der Waals surface area contributed by atoms with Gasteiger partial charge in [-0.1, -0.05) is 11.6 Å². The van der Waals surface area contributed by atoms with Gasteiger partial charge in [0.1, 0.15) is 5.75 Å². The molecule has 0 spiro atoms. The molecule has 0 atom stereocenters. The van der Waals surface area contributed by atoms with Crippen LogP contribution in [-0.4, -0.2) is 21.8 Å². The lowest BCUT2D eigenvalue weighted by atomic mass is 10.2. The Morgan fingerprint density at radius 1 is 1.40 bits per heavy atom. The molecular weight excluding hydrogens is 236 g/mol. The second-order valence-electron chi connectivity index (χ2n) is 2.85. The highest BCUT2D eigenvalue weighted by molar-refractivity contribution is 7.95. The van der Waals surface area contributed by atoms with Gasteiger partial charge >= 0.3 is 0 Å². The van der Waals surface area contributed by atoms with Gasteiger partial charge in [-0.3, -0.25) is 0 Å². The highest BCUT2D eigenvalue weighted by Gasteiger charge is 2.00. The highest BCUT2D eigenvalue weighted by Crippen LogP contribution is 2.24. The molecule has 1 aromatic rings. The average molecular weight is 245 g/mol. The van der Waals surface area contributed by atoms with E-state index in [1.165, 1.54) is 7.11 Å². The smallest absolute Gasteiger partial charge is 0.214 e. The summed E-state index contributed by atoms with van der Waals surface area (Å²) in [5.41, 5.74) is 0.543. The molecule has 3 nitrogen and oxygen atoms in total. The number of sulfone groups is 1. The van der Waals surface area contributed by atoms with E-state index in [0.29, 0.717) is 16.3 Å². The van der Waals surface area contributed by atoms with Crippen molar-refractivity contribution in [2.75, 3.05) is 13.4 Å². The Morgan fingerprint density at radius 2 is 2.07 bits per heavy atom. The summed E-state index contributed by atoms with van der Waals surface area (Å²) in [6.07, 6.45) is 1.05. The lowest BCUT2D eigenvalue weighted by molar-refractivity contribution is 0.415. The van der Waals surface area contributed by atoms with E-state index in [1.807, 2.05) is 0 Å². The van der Waals surface area contributed by atoms with Gasteiger partial charge in [0.15, 0.2) is 0 Å². The Hall–Kier alpha value is -1.18. The van der Waals surface area contributed by atoms with Crippen LogP contribution in [0.25, 0.3) is 0 Å². The summed E-state index contributed by atoms with van der Waals surface area (Å²) >= 11 is 5.79. The number of ether oxygens (including phenoxy) is 1. The molecule has 0 bridgehead atoms. The van der Waals surface area contributed by atoms with Gasteiger partial charge in [-0.2, -0.15) is 0 Å². The van der Waals surface area contributed by atoms with Crippen molar-refractivity contribution in [1.82, 2.24) is 0 Å². The van der Waals surface area contributed by atoms with Crippen molar-refractivity contribution in [3.8, 4) is 16.9 Å². The maximum atomic E-state index is 10.8. The molecule has 1 rings (SSSR count). The SMILES string of the molecule is COc1cc(C#CS(C)(=O)=O)ccc1Cl. The van der Waals surface area contributed by atoms with Crippen molar-refractivity contribution >= 4 is 21.4 Å². The Bertz CT molecular complexity index is 523. The number of hydrogen-bond acceptors (Lipinski definition) is 3. The lowest BCUT2D eigenvalue weighted by Crippen LogP contribution is -1.89. The molecule has 0 fully saturated rings. The summed E-state index contributed by atoms with van der Waals surface area (Å²) in [5, 5.41) is 2.59. The molecule has 0 saturated carbocycles. The predicted octanol–water partition coefficient (Wildman–Crippen LogP) is 1.70. The molecular formula is C10H9ClO3S. The molecule has 80 valence electrons. The van der Waals surface area contributed by atoms with Crippen LogP contribution in [0, 0.1) is 11.2 Å². The van der Waals surface area contributed by atoms with Crippen LogP contribution in [0.1, 0.15) is 5.56 Å². The first-order chi connectivity index (χ1) is 6.92. The molecule has 0 aromatic heterocycles. The summed E-state index contributed by atoms with van der Waals surface area (Å²) in [7, 11) is -1.81. The molecule has 15 heavy (non-hydrogen) atoms. The summed E-state index contributed by atoms with van der Waals surface area (Å²) < 4.78 is 26.6. The van der Waals surface area contributed by atoms with E-state index in [4.69, 9.17) is 16.3 Å². The van der Waals surface area contributed by atoms with Crippen molar-refractivity contribution in [2.45, 2.75) is 0 Å². The Morgan fingerprint density at radius 3 is 2.60 bits per heavy atom. The van der Waals surface area contributed by atoms with E-state index in [0.717, 1.165) is 6.26 Å². The number of hydrogen-bond donors (Lipinski definition) is 0. The third kappa shape index (κ3) is 3.82. The number of rotatable bonds is 1. The molecule has 0 radical (unpaired) electrons. The number of benzene rings is 1. The van der Waals surface area contributed by atoms with Crippen LogP contribution in [0.15, 0.2) is 18.2 Å². The molecule has 0 heterocycles. The topological polar surface area (TPSA) is 43.4 Å². The van der Waals surface area contributed by atoms with Crippen LogP contribution in [0.5, 0.6) is 5.75 Å². The highest BCUT2D eigenvalue weighted by atomic mass is 35.5. The van der Waals surface area contributed by atoms with Gasteiger partial charge < -0.3 is 4.74 Å². The van der Waals surface area contributed by atoms with Crippen LogP contribution in [0.3, 0.4) is 0 Å². The van der Waals surface area contributed by atoms with Crippen molar-refractivity contribution in [2.24, 2.45) is 0 Å². The van der Waals surface area contributed by atoms with Crippen LogP contribution in [-0.2, 0) is 9.84 Å². The molecule has 0 amide bonds. The van der Waals surface area contributed by atoms with Crippen LogP contribution in [0.2, 0.25) is 5.02 Å². The van der Waals surface area contributed by atoms with Gasteiger partial charge in [0, 0.05) is 10.8 Å². The zero-order chi connectivity index (χ0) is 11.5. The molecule has 0 aliphatic carbocycles. The second-order valence-corrected chi connectivity index (χ2v) is 5.00. The fourth-order valence-electron chi connectivity index (χ4n) is 0.889. The fourth-order valence-corrected chi connectivity index (χ4v) is 1.39. The van der Waals surface area contributed by atoms with E-state index >= 15 is 0 Å². The molecule has 0 aliphatic rings. The maximum absolute atomic E-state index is 10.8. The first kappa shape index (κ1) is 11.9. The van der Waals surface area contributed by atoms with E-state index in [9.17, 15) is 8.42 Å². The zero-order valence-electron chi connectivity index (χ0n) is 8.24.